The number of rotatable bonds is 7. The van der Waals surface area contributed by atoms with Gasteiger partial charge in [0.1, 0.15) is 0 Å². The van der Waals surface area contributed by atoms with E-state index in [9.17, 15) is 18.0 Å². The lowest BCUT2D eigenvalue weighted by Crippen LogP contribution is -2.41. The smallest absolute Gasteiger partial charge is 0.309 e. The molecule has 0 N–H and O–H groups in total. The lowest BCUT2D eigenvalue weighted by atomic mass is 9.91. The number of hydrogen-bond donors (Lipinski definition) is 0. The average Bonchev–Trinajstić information content (AvgIpc) is 2.70. The molecule has 0 amide bonds. The highest BCUT2D eigenvalue weighted by molar-refractivity contribution is 7.89. The minimum atomic E-state index is -3.72. The van der Waals surface area contributed by atoms with Crippen LogP contribution in [-0.2, 0) is 24.3 Å². The van der Waals surface area contributed by atoms with Crippen molar-refractivity contribution >= 4 is 21.8 Å². The fourth-order valence-corrected chi connectivity index (χ4v) is 4.41. The number of hydrogen-bond acceptors (Lipinski definition) is 7. The maximum absolute atomic E-state index is 12.9. The van der Waals surface area contributed by atoms with Crippen molar-refractivity contribution in [2.24, 2.45) is 11.3 Å². The summed E-state index contributed by atoms with van der Waals surface area (Å²) in [5.41, 5.74) is -0.572. The Bertz CT molecular complexity index is 850. The molecule has 1 fully saturated rings. The van der Waals surface area contributed by atoms with Gasteiger partial charge >= 0.3 is 5.97 Å². The Morgan fingerprint density at radius 3 is 2.17 bits per heavy atom. The highest BCUT2D eigenvalue weighted by Gasteiger charge is 2.34. The molecule has 162 valence electrons. The number of ether oxygens (including phenoxy) is 3. The SMILES string of the molecule is COc1ccc(S(=O)(=O)N2CCC(C(=O)OCC(=O)C(C)(C)C)CC2)cc1OC. The van der Waals surface area contributed by atoms with Gasteiger partial charge in [0.2, 0.25) is 10.0 Å². The monoisotopic (exact) mass is 427 g/mol. The number of benzene rings is 1. The number of piperidine rings is 1. The van der Waals surface area contributed by atoms with Crippen molar-refractivity contribution in [2.75, 3.05) is 33.9 Å². The van der Waals surface area contributed by atoms with Crippen LogP contribution in [0.4, 0.5) is 0 Å². The molecule has 0 spiro atoms. The summed E-state index contributed by atoms with van der Waals surface area (Å²) in [6.45, 7) is 5.43. The van der Waals surface area contributed by atoms with E-state index in [1.165, 1.54) is 30.7 Å². The summed E-state index contributed by atoms with van der Waals surface area (Å²) >= 11 is 0. The molecule has 29 heavy (non-hydrogen) atoms. The molecule has 1 heterocycles. The maximum Gasteiger partial charge on any atom is 0.309 e. The first-order valence-corrected chi connectivity index (χ1v) is 10.9. The maximum atomic E-state index is 12.9. The van der Waals surface area contributed by atoms with Crippen LogP contribution in [0.25, 0.3) is 0 Å². The van der Waals surface area contributed by atoms with Gasteiger partial charge in [-0.25, -0.2) is 8.42 Å². The van der Waals surface area contributed by atoms with Crippen LogP contribution in [0.3, 0.4) is 0 Å². The normalized spacial score (nSPS) is 16.3. The van der Waals surface area contributed by atoms with Crippen molar-refractivity contribution in [3.05, 3.63) is 18.2 Å². The first-order chi connectivity index (χ1) is 13.5. The first kappa shape index (κ1) is 23.2. The first-order valence-electron chi connectivity index (χ1n) is 9.43. The van der Waals surface area contributed by atoms with Gasteiger partial charge < -0.3 is 14.2 Å². The zero-order chi connectivity index (χ0) is 21.8. The number of ketones is 1. The van der Waals surface area contributed by atoms with Crippen LogP contribution in [0.5, 0.6) is 11.5 Å². The summed E-state index contributed by atoms with van der Waals surface area (Å²) in [6, 6.07) is 4.43. The van der Waals surface area contributed by atoms with E-state index in [1.807, 2.05) is 0 Å². The van der Waals surface area contributed by atoms with Crippen molar-refractivity contribution in [1.29, 1.82) is 0 Å². The molecule has 0 atom stereocenters. The molecule has 2 rings (SSSR count). The largest absolute Gasteiger partial charge is 0.493 e. The van der Waals surface area contributed by atoms with Gasteiger partial charge in [-0.15, -0.1) is 0 Å². The van der Waals surface area contributed by atoms with Gasteiger partial charge in [0.15, 0.2) is 23.9 Å². The Hall–Kier alpha value is -2.13. The Labute approximate surface area is 172 Å². The van der Waals surface area contributed by atoms with E-state index in [-0.39, 0.29) is 30.4 Å². The number of sulfonamides is 1. The topological polar surface area (TPSA) is 99.2 Å². The molecule has 9 heteroatoms. The van der Waals surface area contributed by atoms with E-state index >= 15 is 0 Å². The number of nitrogens with zero attached hydrogens (tertiary/aromatic N) is 1. The van der Waals surface area contributed by atoms with E-state index in [2.05, 4.69) is 0 Å². The predicted molar refractivity (Wildman–Crippen MR) is 106 cm³/mol. The van der Waals surface area contributed by atoms with Crippen molar-refractivity contribution in [3.8, 4) is 11.5 Å². The molecule has 1 aliphatic heterocycles. The quantitative estimate of drug-likeness (QED) is 0.616. The van der Waals surface area contributed by atoms with Gasteiger partial charge in [-0.3, -0.25) is 9.59 Å². The molecule has 1 aromatic rings. The third-order valence-electron chi connectivity index (χ3n) is 4.96. The standard InChI is InChI=1S/C20H29NO7S/c1-20(2,3)18(22)13-28-19(23)14-8-10-21(11-9-14)29(24,25)15-6-7-16(26-4)17(12-15)27-5/h6-7,12,14H,8-11,13H2,1-5H3. The Kier molecular flexibility index (Phi) is 7.29. The number of esters is 1. The molecule has 1 aromatic carbocycles. The lowest BCUT2D eigenvalue weighted by Gasteiger charge is -2.30. The fourth-order valence-electron chi connectivity index (χ4n) is 2.93. The fraction of sp³-hybridized carbons (Fsp3) is 0.600. The molecule has 1 saturated heterocycles. The predicted octanol–water partition coefficient (Wildman–Crippen LogP) is 2.26. The Balaban J connectivity index is 1.99. The van der Waals surface area contributed by atoms with Gasteiger partial charge in [-0.2, -0.15) is 4.31 Å². The summed E-state index contributed by atoms with van der Waals surface area (Å²) in [5, 5.41) is 0. The molecular formula is C20H29NO7S. The van der Waals surface area contributed by atoms with Crippen molar-refractivity contribution in [3.63, 3.8) is 0 Å². The summed E-state index contributed by atoms with van der Waals surface area (Å²) in [4.78, 5) is 24.2. The van der Waals surface area contributed by atoms with Crippen LogP contribution < -0.4 is 9.47 Å². The average molecular weight is 428 g/mol. The highest BCUT2D eigenvalue weighted by Crippen LogP contribution is 2.32. The van der Waals surface area contributed by atoms with Crippen LogP contribution in [0.1, 0.15) is 33.6 Å². The summed E-state index contributed by atoms with van der Waals surface area (Å²) < 4.78 is 42.7. The Morgan fingerprint density at radius 1 is 1.07 bits per heavy atom. The van der Waals surface area contributed by atoms with Crippen LogP contribution in [0, 0.1) is 11.3 Å². The zero-order valence-electron chi connectivity index (χ0n) is 17.6. The number of carbonyl (C=O) groups is 2. The highest BCUT2D eigenvalue weighted by atomic mass is 32.2. The number of Topliss-reactive ketones (excluding diaryl/α,β-unsaturated/α-hetero) is 1. The molecule has 1 aliphatic rings. The van der Waals surface area contributed by atoms with E-state index in [4.69, 9.17) is 14.2 Å². The summed E-state index contributed by atoms with van der Waals surface area (Å²) in [6.07, 6.45) is 0.685. The Morgan fingerprint density at radius 2 is 1.66 bits per heavy atom. The zero-order valence-corrected chi connectivity index (χ0v) is 18.4. The summed E-state index contributed by atoms with van der Waals surface area (Å²) in [5.74, 6) is -0.252. The van der Waals surface area contributed by atoms with E-state index in [0.717, 1.165) is 0 Å². The molecular weight excluding hydrogens is 398 g/mol. The lowest BCUT2D eigenvalue weighted by molar-refractivity contribution is -0.154. The van der Waals surface area contributed by atoms with Crippen molar-refractivity contribution < 1.29 is 32.2 Å². The number of methoxy groups -OCH3 is 2. The van der Waals surface area contributed by atoms with Gasteiger partial charge in [0.25, 0.3) is 0 Å². The molecule has 0 bridgehead atoms. The van der Waals surface area contributed by atoms with Crippen LogP contribution in [0.15, 0.2) is 23.1 Å². The molecule has 0 aromatic heterocycles. The number of carbonyl (C=O) groups excluding carboxylic acids is 2. The van der Waals surface area contributed by atoms with E-state index in [0.29, 0.717) is 24.3 Å². The van der Waals surface area contributed by atoms with Gasteiger partial charge in [0.05, 0.1) is 25.0 Å². The van der Waals surface area contributed by atoms with Crippen LogP contribution in [0.2, 0.25) is 0 Å². The second-order valence-electron chi connectivity index (χ2n) is 7.98. The van der Waals surface area contributed by atoms with E-state index in [1.54, 1.807) is 26.8 Å². The van der Waals surface area contributed by atoms with E-state index < -0.39 is 27.3 Å². The second kappa shape index (κ2) is 9.13. The van der Waals surface area contributed by atoms with Gasteiger partial charge in [-0.1, -0.05) is 20.8 Å². The molecule has 0 radical (unpaired) electrons. The molecule has 0 saturated carbocycles. The molecule has 8 nitrogen and oxygen atoms in total. The molecule has 0 unspecified atom stereocenters. The van der Waals surface area contributed by atoms with Crippen LogP contribution >= 0.6 is 0 Å². The second-order valence-corrected chi connectivity index (χ2v) is 9.91. The van der Waals surface area contributed by atoms with Gasteiger partial charge in [0, 0.05) is 24.6 Å². The third-order valence-corrected chi connectivity index (χ3v) is 6.86. The minimum absolute atomic E-state index is 0.104. The van der Waals surface area contributed by atoms with Crippen molar-refractivity contribution in [2.45, 2.75) is 38.5 Å². The van der Waals surface area contributed by atoms with Crippen molar-refractivity contribution in [1.82, 2.24) is 4.31 Å². The third kappa shape index (κ3) is 5.48. The van der Waals surface area contributed by atoms with Crippen LogP contribution in [-0.4, -0.2) is 58.4 Å². The minimum Gasteiger partial charge on any atom is -0.493 e. The van der Waals surface area contributed by atoms with Gasteiger partial charge in [-0.05, 0) is 25.0 Å². The molecule has 0 aliphatic carbocycles. The summed E-state index contributed by atoms with van der Waals surface area (Å²) in [7, 11) is -0.805.